The lowest BCUT2D eigenvalue weighted by atomic mass is 9.91. The van der Waals surface area contributed by atoms with Crippen LogP contribution in [0.3, 0.4) is 0 Å². The van der Waals surface area contributed by atoms with Gasteiger partial charge in [0.25, 0.3) is 0 Å². The van der Waals surface area contributed by atoms with Crippen molar-refractivity contribution >= 4 is 11.9 Å². The molecule has 0 saturated heterocycles. The molecular weight excluding hydrogens is 256 g/mol. The molecule has 0 amide bonds. The van der Waals surface area contributed by atoms with Gasteiger partial charge in [-0.2, -0.15) is 0 Å². The van der Waals surface area contributed by atoms with Gasteiger partial charge in [-0.25, -0.2) is 0 Å². The van der Waals surface area contributed by atoms with Gasteiger partial charge < -0.3 is 24.4 Å². The lowest BCUT2D eigenvalue weighted by Gasteiger charge is -2.28. The Morgan fingerprint density at radius 2 is 1.47 bits per heavy atom. The third-order valence-corrected chi connectivity index (χ3v) is 2.85. The average Bonchev–Trinajstić information content (AvgIpc) is 2.43. The van der Waals surface area contributed by atoms with Crippen molar-refractivity contribution in [3.05, 3.63) is 0 Å². The Balaban J connectivity index is 4.74. The summed E-state index contributed by atoms with van der Waals surface area (Å²) in [6, 6.07) is 0. The van der Waals surface area contributed by atoms with Crippen molar-refractivity contribution in [2.45, 2.75) is 13.8 Å². The normalized spacial score (nSPS) is 14.6. The molecule has 0 aromatic carbocycles. The second-order valence-electron chi connectivity index (χ2n) is 4.94. The molecule has 0 aromatic heterocycles. The molecule has 0 aliphatic rings. The van der Waals surface area contributed by atoms with E-state index in [2.05, 4.69) is 4.74 Å². The number of rotatable bonds is 8. The summed E-state index contributed by atoms with van der Waals surface area (Å²) in [5, 5.41) is 18.1. The SMILES string of the molecule is COCC(C)(COC(=O)C(C)(CO)CO)C(=O)OC. The van der Waals surface area contributed by atoms with Crippen LogP contribution in [0, 0.1) is 10.8 Å². The topological polar surface area (TPSA) is 102 Å². The van der Waals surface area contributed by atoms with E-state index in [9.17, 15) is 9.59 Å². The van der Waals surface area contributed by atoms with Crippen molar-refractivity contribution in [2.75, 3.05) is 40.6 Å². The Bertz CT molecular complexity index is 311. The Morgan fingerprint density at radius 1 is 0.947 bits per heavy atom. The smallest absolute Gasteiger partial charge is 0.317 e. The fourth-order valence-corrected chi connectivity index (χ4v) is 1.30. The molecule has 0 bridgehead atoms. The van der Waals surface area contributed by atoms with Crippen LogP contribution in [0.4, 0.5) is 0 Å². The second-order valence-corrected chi connectivity index (χ2v) is 4.94. The van der Waals surface area contributed by atoms with Crippen LogP contribution in [0.15, 0.2) is 0 Å². The molecule has 0 spiro atoms. The van der Waals surface area contributed by atoms with E-state index < -0.39 is 36.0 Å². The van der Waals surface area contributed by atoms with Gasteiger partial charge in [0.1, 0.15) is 17.4 Å². The summed E-state index contributed by atoms with van der Waals surface area (Å²) >= 11 is 0. The highest BCUT2D eigenvalue weighted by Crippen LogP contribution is 2.23. The molecule has 2 N–H and O–H groups in total. The van der Waals surface area contributed by atoms with Crippen molar-refractivity contribution in [1.29, 1.82) is 0 Å². The third kappa shape index (κ3) is 4.45. The molecule has 19 heavy (non-hydrogen) atoms. The van der Waals surface area contributed by atoms with Gasteiger partial charge in [0.05, 0.1) is 26.9 Å². The Hall–Kier alpha value is -1.18. The standard InChI is InChI=1S/C12H22O7/c1-11(5-13,6-14)10(16)19-8-12(2,7-17-3)9(15)18-4/h13-14H,5-8H2,1-4H3. The van der Waals surface area contributed by atoms with Gasteiger partial charge in [-0.15, -0.1) is 0 Å². The molecule has 0 saturated carbocycles. The molecule has 0 aliphatic heterocycles. The molecule has 0 radical (unpaired) electrons. The molecule has 1 unspecified atom stereocenters. The number of carbonyl (C=O) groups excluding carboxylic acids is 2. The highest BCUT2D eigenvalue weighted by Gasteiger charge is 2.40. The maximum Gasteiger partial charge on any atom is 0.317 e. The zero-order valence-electron chi connectivity index (χ0n) is 11.8. The molecule has 0 aromatic rings. The summed E-state index contributed by atoms with van der Waals surface area (Å²) in [5.41, 5.74) is -2.53. The third-order valence-electron chi connectivity index (χ3n) is 2.85. The van der Waals surface area contributed by atoms with Crippen LogP contribution in [-0.4, -0.2) is 62.8 Å². The first kappa shape index (κ1) is 17.8. The summed E-state index contributed by atoms with van der Waals surface area (Å²) in [5.74, 6) is -1.36. The van der Waals surface area contributed by atoms with E-state index >= 15 is 0 Å². The summed E-state index contributed by atoms with van der Waals surface area (Å²) in [4.78, 5) is 23.4. The Labute approximate surface area is 112 Å². The van der Waals surface area contributed by atoms with Crippen molar-refractivity contribution in [1.82, 2.24) is 0 Å². The maximum atomic E-state index is 11.8. The average molecular weight is 278 g/mol. The highest BCUT2D eigenvalue weighted by atomic mass is 16.6. The van der Waals surface area contributed by atoms with Crippen LogP contribution in [0.1, 0.15) is 13.8 Å². The second kappa shape index (κ2) is 7.42. The molecule has 7 heteroatoms. The summed E-state index contributed by atoms with van der Waals surface area (Å²) in [6.07, 6.45) is 0. The number of methoxy groups -OCH3 is 2. The summed E-state index contributed by atoms with van der Waals surface area (Å²) in [6.45, 7) is 1.54. The van der Waals surface area contributed by atoms with E-state index in [4.69, 9.17) is 19.7 Å². The molecular formula is C12H22O7. The van der Waals surface area contributed by atoms with Crippen LogP contribution in [0.5, 0.6) is 0 Å². The Morgan fingerprint density at radius 3 is 1.84 bits per heavy atom. The monoisotopic (exact) mass is 278 g/mol. The minimum atomic E-state index is -1.40. The molecule has 7 nitrogen and oxygen atoms in total. The largest absolute Gasteiger partial charge is 0.468 e. The molecule has 0 rings (SSSR count). The number of hydrogen-bond acceptors (Lipinski definition) is 7. The minimum absolute atomic E-state index is 0.0158. The van der Waals surface area contributed by atoms with E-state index in [1.54, 1.807) is 0 Å². The lowest BCUT2D eigenvalue weighted by Crippen LogP contribution is -2.43. The van der Waals surface area contributed by atoms with Crippen LogP contribution in [-0.2, 0) is 23.8 Å². The quantitative estimate of drug-likeness (QED) is 0.568. The number of aliphatic hydroxyl groups is 2. The maximum absolute atomic E-state index is 11.8. The molecule has 0 heterocycles. The van der Waals surface area contributed by atoms with Crippen molar-refractivity contribution in [2.24, 2.45) is 10.8 Å². The fraction of sp³-hybridized carbons (Fsp3) is 0.833. The van der Waals surface area contributed by atoms with Crippen molar-refractivity contribution < 1.29 is 34.0 Å². The van der Waals surface area contributed by atoms with E-state index in [1.807, 2.05) is 0 Å². The van der Waals surface area contributed by atoms with Gasteiger partial charge in [-0.05, 0) is 13.8 Å². The van der Waals surface area contributed by atoms with Gasteiger partial charge >= 0.3 is 11.9 Å². The van der Waals surface area contributed by atoms with Gasteiger partial charge in [0, 0.05) is 7.11 Å². The number of esters is 2. The van der Waals surface area contributed by atoms with Crippen LogP contribution >= 0.6 is 0 Å². The van der Waals surface area contributed by atoms with Gasteiger partial charge in [0.15, 0.2) is 0 Å². The van der Waals surface area contributed by atoms with Crippen molar-refractivity contribution in [3.63, 3.8) is 0 Å². The predicted octanol–water partition coefficient (Wildman–Crippen LogP) is -0.654. The molecule has 0 aliphatic carbocycles. The number of ether oxygens (including phenoxy) is 3. The minimum Gasteiger partial charge on any atom is -0.468 e. The summed E-state index contributed by atoms with van der Waals surface area (Å²) < 4.78 is 14.5. The highest BCUT2D eigenvalue weighted by molar-refractivity contribution is 5.79. The summed E-state index contributed by atoms with van der Waals surface area (Å²) in [7, 11) is 2.64. The zero-order chi connectivity index (χ0) is 15.1. The van der Waals surface area contributed by atoms with E-state index in [0.29, 0.717) is 0 Å². The first-order chi connectivity index (χ1) is 8.79. The molecule has 0 fully saturated rings. The van der Waals surface area contributed by atoms with Crippen LogP contribution < -0.4 is 0 Å². The molecule has 112 valence electrons. The first-order valence-electron chi connectivity index (χ1n) is 5.76. The predicted molar refractivity (Wildman–Crippen MR) is 65.2 cm³/mol. The van der Waals surface area contributed by atoms with Gasteiger partial charge in [-0.1, -0.05) is 0 Å². The van der Waals surface area contributed by atoms with E-state index in [0.717, 1.165) is 0 Å². The zero-order valence-corrected chi connectivity index (χ0v) is 11.8. The van der Waals surface area contributed by atoms with Crippen LogP contribution in [0.25, 0.3) is 0 Å². The van der Waals surface area contributed by atoms with Gasteiger partial charge in [0.2, 0.25) is 0 Å². The Kier molecular flexibility index (Phi) is 6.96. The van der Waals surface area contributed by atoms with E-state index in [-0.39, 0.29) is 13.2 Å². The number of aliphatic hydroxyl groups excluding tert-OH is 2. The number of hydrogen-bond donors (Lipinski definition) is 2. The molecule has 1 atom stereocenters. The van der Waals surface area contributed by atoms with Crippen molar-refractivity contribution in [3.8, 4) is 0 Å². The van der Waals surface area contributed by atoms with E-state index in [1.165, 1.54) is 28.1 Å². The fourth-order valence-electron chi connectivity index (χ4n) is 1.30. The first-order valence-corrected chi connectivity index (χ1v) is 5.76. The lowest BCUT2D eigenvalue weighted by molar-refractivity contribution is -0.172. The number of carbonyl (C=O) groups is 2. The van der Waals surface area contributed by atoms with Gasteiger partial charge in [-0.3, -0.25) is 9.59 Å². The van der Waals surface area contributed by atoms with Crippen LogP contribution in [0.2, 0.25) is 0 Å².